The monoisotopic (exact) mass is 252 g/mol. The second kappa shape index (κ2) is 5.06. The number of nitrogens with one attached hydrogen (secondary N) is 1. The van der Waals surface area contributed by atoms with E-state index in [9.17, 15) is 9.90 Å². The minimum absolute atomic E-state index is 0.150. The summed E-state index contributed by atoms with van der Waals surface area (Å²) in [6.07, 6.45) is 6.14. The Morgan fingerprint density at radius 2 is 2.41 bits per heavy atom. The van der Waals surface area contributed by atoms with E-state index >= 15 is 0 Å². The normalized spacial score (nSPS) is 17.3. The predicted octanol–water partition coefficient (Wildman–Crippen LogP) is 1.45. The van der Waals surface area contributed by atoms with Crippen LogP contribution in [-0.4, -0.2) is 34.4 Å². The number of aromatic nitrogens is 1. The van der Waals surface area contributed by atoms with Crippen molar-refractivity contribution in [3.63, 3.8) is 0 Å². The molecule has 92 valence electrons. The molecule has 2 rings (SSSR count). The molecule has 0 spiro atoms. The third-order valence-corrected chi connectivity index (χ3v) is 3.71. The summed E-state index contributed by atoms with van der Waals surface area (Å²) in [7, 11) is 0. The molecule has 1 heterocycles. The van der Waals surface area contributed by atoms with Gasteiger partial charge in [-0.25, -0.2) is 4.98 Å². The third kappa shape index (κ3) is 2.98. The van der Waals surface area contributed by atoms with Gasteiger partial charge in [-0.2, -0.15) is 0 Å². The van der Waals surface area contributed by atoms with Crippen molar-refractivity contribution in [2.45, 2.75) is 29.9 Å². The molecular formula is C12H16N2O2S. The van der Waals surface area contributed by atoms with Crippen molar-refractivity contribution in [1.82, 2.24) is 10.3 Å². The van der Waals surface area contributed by atoms with Crippen LogP contribution in [0.5, 0.6) is 0 Å². The average molecular weight is 252 g/mol. The first-order valence-electron chi connectivity index (χ1n) is 5.64. The van der Waals surface area contributed by atoms with Crippen LogP contribution >= 0.6 is 11.8 Å². The molecule has 17 heavy (non-hydrogen) atoms. The van der Waals surface area contributed by atoms with Gasteiger partial charge in [-0.3, -0.25) is 4.79 Å². The molecule has 1 aromatic heterocycles. The highest BCUT2D eigenvalue weighted by atomic mass is 32.2. The molecule has 0 atom stereocenters. The van der Waals surface area contributed by atoms with Crippen LogP contribution in [0.15, 0.2) is 23.4 Å². The summed E-state index contributed by atoms with van der Waals surface area (Å²) >= 11 is 1.50. The van der Waals surface area contributed by atoms with E-state index in [0.29, 0.717) is 12.1 Å². The number of pyridine rings is 1. The van der Waals surface area contributed by atoms with Gasteiger partial charge in [0, 0.05) is 18.3 Å². The van der Waals surface area contributed by atoms with E-state index in [1.54, 1.807) is 18.3 Å². The Hall–Kier alpha value is -1.07. The highest BCUT2D eigenvalue weighted by molar-refractivity contribution is 7.98. The first-order valence-corrected chi connectivity index (χ1v) is 6.86. The zero-order valence-electron chi connectivity index (χ0n) is 9.77. The van der Waals surface area contributed by atoms with Gasteiger partial charge < -0.3 is 10.4 Å². The Morgan fingerprint density at radius 3 is 3.00 bits per heavy atom. The first-order chi connectivity index (χ1) is 8.13. The molecule has 2 N–H and O–H groups in total. The number of carbonyl (C=O) groups is 1. The summed E-state index contributed by atoms with van der Waals surface area (Å²) in [5.41, 5.74) is -0.0855. The van der Waals surface area contributed by atoms with E-state index in [1.165, 1.54) is 11.8 Å². The Bertz CT molecular complexity index is 419. The van der Waals surface area contributed by atoms with Gasteiger partial charge in [-0.1, -0.05) is 0 Å². The van der Waals surface area contributed by atoms with Crippen molar-refractivity contribution in [1.29, 1.82) is 0 Å². The molecule has 1 aliphatic carbocycles. The molecule has 0 aliphatic heterocycles. The van der Waals surface area contributed by atoms with Crippen molar-refractivity contribution < 1.29 is 9.90 Å². The molecule has 1 saturated carbocycles. The van der Waals surface area contributed by atoms with Crippen LogP contribution in [0.25, 0.3) is 0 Å². The lowest BCUT2D eigenvalue weighted by Crippen LogP contribution is -2.47. The average Bonchev–Trinajstić information content (AvgIpc) is 2.33. The molecule has 0 bridgehead atoms. The summed E-state index contributed by atoms with van der Waals surface area (Å²) in [5, 5.41) is 13.5. The second-order valence-electron chi connectivity index (χ2n) is 4.35. The second-order valence-corrected chi connectivity index (χ2v) is 5.17. The Labute approximate surface area is 105 Å². The molecule has 1 fully saturated rings. The van der Waals surface area contributed by atoms with Gasteiger partial charge in [0.2, 0.25) is 0 Å². The fourth-order valence-electron chi connectivity index (χ4n) is 1.77. The lowest BCUT2D eigenvalue weighted by atomic mass is 9.80. The van der Waals surface area contributed by atoms with Crippen LogP contribution < -0.4 is 5.32 Å². The number of aliphatic hydroxyl groups is 1. The van der Waals surface area contributed by atoms with Gasteiger partial charge in [-0.15, -0.1) is 11.8 Å². The van der Waals surface area contributed by atoms with Crippen molar-refractivity contribution >= 4 is 17.7 Å². The lowest BCUT2D eigenvalue weighted by Gasteiger charge is -2.36. The van der Waals surface area contributed by atoms with Crippen molar-refractivity contribution in [2.75, 3.05) is 12.8 Å². The van der Waals surface area contributed by atoms with Gasteiger partial charge in [0.05, 0.1) is 10.6 Å². The Kier molecular flexibility index (Phi) is 3.69. The molecule has 0 radical (unpaired) electrons. The van der Waals surface area contributed by atoms with Gasteiger partial charge in [-0.05, 0) is 37.7 Å². The number of hydrogen-bond donors (Lipinski definition) is 2. The molecule has 4 nitrogen and oxygen atoms in total. The van der Waals surface area contributed by atoms with Gasteiger partial charge in [0.15, 0.2) is 0 Å². The van der Waals surface area contributed by atoms with E-state index in [-0.39, 0.29) is 5.91 Å². The molecule has 0 unspecified atom stereocenters. The van der Waals surface area contributed by atoms with Crippen molar-refractivity contribution in [3.05, 3.63) is 23.9 Å². The number of hydrogen-bond acceptors (Lipinski definition) is 4. The zero-order chi connectivity index (χ0) is 12.3. The summed E-state index contributed by atoms with van der Waals surface area (Å²) in [6, 6.07) is 3.44. The van der Waals surface area contributed by atoms with Gasteiger partial charge in [0.25, 0.3) is 5.91 Å². The van der Waals surface area contributed by atoms with E-state index in [1.807, 2.05) is 6.26 Å². The maximum Gasteiger partial charge on any atom is 0.251 e. The maximum atomic E-state index is 11.8. The molecule has 1 amide bonds. The van der Waals surface area contributed by atoms with E-state index in [0.717, 1.165) is 24.3 Å². The van der Waals surface area contributed by atoms with E-state index < -0.39 is 5.60 Å². The lowest BCUT2D eigenvalue weighted by molar-refractivity contribution is -0.0300. The number of nitrogens with zero attached hydrogens (tertiary/aromatic N) is 1. The minimum atomic E-state index is -0.676. The number of thioether (sulfide) groups is 1. The van der Waals surface area contributed by atoms with Crippen LogP contribution in [0.1, 0.15) is 29.6 Å². The smallest absolute Gasteiger partial charge is 0.251 e. The fraction of sp³-hybridized carbons (Fsp3) is 0.500. The minimum Gasteiger partial charge on any atom is -0.388 e. The standard InChI is InChI=1S/C12H16N2O2S/c1-17-10-7-9(3-6-13-10)11(15)14-8-12(16)4-2-5-12/h3,6-7,16H,2,4-5,8H2,1H3,(H,14,15). The number of rotatable bonds is 4. The van der Waals surface area contributed by atoms with Crippen LogP contribution in [0, 0.1) is 0 Å². The SMILES string of the molecule is CSc1cc(C(=O)NCC2(O)CCC2)ccn1. The summed E-state index contributed by atoms with van der Waals surface area (Å²) < 4.78 is 0. The van der Waals surface area contributed by atoms with Crippen LogP contribution in [0.4, 0.5) is 0 Å². The van der Waals surface area contributed by atoms with Crippen LogP contribution in [0.3, 0.4) is 0 Å². The summed E-state index contributed by atoms with van der Waals surface area (Å²) in [4.78, 5) is 16.0. The van der Waals surface area contributed by atoms with Gasteiger partial charge >= 0.3 is 0 Å². The molecule has 0 aromatic carbocycles. The Morgan fingerprint density at radius 1 is 1.65 bits per heavy atom. The van der Waals surface area contributed by atoms with Gasteiger partial charge in [0.1, 0.15) is 0 Å². The molecule has 1 aliphatic rings. The Balaban J connectivity index is 1.94. The van der Waals surface area contributed by atoms with E-state index in [4.69, 9.17) is 0 Å². The number of amides is 1. The fourth-order valence-corrected chi connectivity index (χ4v) is 2.18. The zero-order valence-corrected chi connectivity index (χ0v) is 10.6. The maximum absolute atomic E-state index is 11.8. The van der Waals surface area contributed by atoms with Crippen LogP contribution in [-0.2, 0) is 0 Å². The predicted molar refractivity (Wildman–Crippen MR) is 67.2 cm³/mol. The molecular weight excluding hydrogens is 236 g/mol. The van der Waals surface area contributed by atoms with Crippen molar-refractivity contribution in [2.24, 2.45) is 0 Å². The number of carbonyl (C=O) groups excluding carboxylic acids is 1. The third-order valence-electron chi connectivity index (χ3n) is 3.07. The van der Waals surface area contributed by atoms with Crippen molar-refractivity contribution in [3.8, 4) is 0 Å². The van der Waals surface area contributed by atoms with Crippen LogP contribution in [0.2, 0.25) is 0 Å². The quantitative estimate of drug-likeness (QED) is 0.796. The topological polar surface area (TPSA) is 62.2 Å². The highest BCUT2D eigenvalue weighted by Gasteiger charge is 2.34. The molecule has 5 heteroatoms. The highest BCUT2D eigenvalue weighted by Crippen LogP contribution is 2.30. The first kappa shape index (κ1) is 12.4. The van der Waals surface area contributed by atoms with E-state index in [2.05, 4.69) is 10.3 Å². The summed E-state index contributed by atoms with van der Waals surface area (Å²) in [5.74, 6) is -0.150. The molecule has 0 saturated heterocycles. The largest absolute Gasteiger partial charge is 0.388 e. The summed E-state index contributed by atoms with van der Waals surface area (Å²) in [6.45, 7) is 0.336. The molecule has 1 aromatic rings.